The van der Waals surface area contributed by atoms with Crippen LogP contribution in [-0.2, 0) is 23.9 Å². The molecule has 2 aliphatic heterocycles. The molecule has 33 heavy (non-hydrogen) atoms. The largest absolute Gasteiger partial charge is 0.478 e. The lowest BCUT2D eigenvalue weighted by Crippen LogP contribution is -2.73. The second kappa shape index (κ2) is 10.5. The molecule has 2 heterocycles. The molecule has 0 aromatic carbocycles. The Labute approximate surface area is 186 Å². The minimum Gasteiger partial charge on any atom is -0.478 e. The maximum Gasteiger partial charge on any atom is 0.357 e. The number of nitrogens with one attached hydrogen (secondary N) is 2. The minimum atomic E-state index is -2.82. The molecule has 0 aromatic heterocycles. The number of aliphatic carboxylic acids is 1. The Morgan fingerprint density at radius 1 is 1.06 bits per heavy atom. The Balaban J connectivity index is 2.36. The monoisotopic (exact) mass is 484 g/mol. The number of rotatable bonds is 7. The summed E-state index contributed by atoms with van der Waals surface area (Å²) in [6, 6.07) is -1.47. The number of hydrogen-bond acceptors (Lipinski definition) is 13. The van der Waals surface area contributed by atoms with Gasteiger partial charge in [0.2, 0.25) is 11.6 Å². The number of aliphatic hydroxyl groups is 8. The van der Waals surface area contributed by atoms with E-state index in [1.54, 1.807) is 0 Å². The Kier molecular flexibility index (Phi) is 8.68. The summed E-state index contributed by atoms with van der Waals surface area (Å²) in [5.74, 6) is -4.07. The molecule has 16 heteroatoms. The third kappa shape index (κ3) is 5.57. The fraction of sp³-hybridized carbons (Fsp3) is 0.824. The van der Waals surface area contributed by atoms with E-state index in [4.69, 9.17) is 14.6 Å². The lowest BCUT2D eigenvalue weighted by Gasteiger charge is -2.47. The van der Waals surface area contributed by atoms with Crippen LogP contribution in [0.5, 0.6) is 0 Å². The van der Waals surface area contributed by atoms with Gasteiger partial charge in [-0.2, -0.15) is 0 Å². The van der Waals surface area contributed by atoms with Crippen molar-refractivity contribution >= 4 is 17.8 Å². The van der Waals surface area contributed by atoms with E-state index in [0.29, 0.717) is 0 Å². The number of ether oxygens (including phenoxy) is 2. The van der Waals surface area contributed by atoms with Crippen LogP contribution in [0.1, 0.15) is 13.3 Å². The second-order valence-electron chi connectivity index (χ2n) is 7.86. The summed E-state index contributed by atoms with van der Waals surface area (Å²) >= 11 is 0. The Morgan fingerprint density at radius 3 is 2.18 bits per heavy atom. The van der Waals surface area contributed by atoms with Gasteiger partial charge in [-0.1, -0.05) is 0 Å². The Morgan fingerprint density at radius 2 is 1.67 bits per heavy atom. The highest BCUT2D eigenvalue weighted by Gasteiger charge is 2.57. The molecular weight excluding hydrogens is 456 g/mol. The topological polar surface area (TPSA) is 276 Å². The maximum atomic E-state index is 12.7. The molecule has 0 aromatic rings. The molecule has 0 radical (unpaired) electrons. The zero-order valence-electron chi connectivity index (χ0n) is 17.3. The van der Waals surface area contributed by atoms with Gasteiger partial charge in [0.15, 0.2) is 12.4 Å². The van der Waals surface area contributed by atoms with Crippen LogP contribution in [0.3, 0.4) is 0 Å². The molecule has 0 bridgehead atoms. The van der Waals surface area contributed by atoms with Gasteiger partial charge in [0.1, 0.15) is 36.6 Å². The van der Waals surface area contributed by atoms with Crippen molar-refractivity contribution in [2.24, 2.45) is 0 Å². The number of amides is 2. The third-order valence-electron chi connectivity index (χ3n) is 5.41. The molecular formula is C17H28N2O14. The van der Waals surface area contributed by atoms with Crippen molar-refractivity contribution in [2.45, 2.75) is 80.2 Å². The first-order chi connectivity index (χ1) is 15.3. The molecule has 2 saturated heterocycles. The number of carbonyl (C=O) groups excluding carboxylic acids is 2. The number of carboxylic acids is 1. The Bertz CT molecular complexity index is 739. The molecule has 0 aliphatic carbocycles. The molecule has 0 unspecified atom stereocenters. The summed E-state index contributed by atoms with van der Waals surface area (Å²) < 4.78 is 10.1. The highest BCUT2D eigenvalue weighted by molar-refractivity contribution is 5.89. The molecule has 2 rings (SSSR count). The predicted octanol–water partition coefficient (Wildman–Crippen LogP) is -6.95. The summed E-state index contributed by atoms with van der Waals surface area (Å²) in [6.07, 6.45) is -18.8. The molecule has 2 amide bonds. The fourth-order valence-electron chi connectivity index (χ4n) is 3.64. The van der Waals surface area contributed by atoms with E-state index in [2.05, 4.69) is 5.32 Å². The van der Waals surface area contributed by atoms with E-state index in [1.165, 1.54) is 0 Å². The molecule has 190 valence electrons. The number of carbonyl (C=O) groups is 3. The maximum absolute atomic E-state index is 12.7. The van der Waals surface area contributed by atoms with Crippen molar-refractivity contribution in [3.05, 3.63) is 0 Å². The van der Waals surface area contributed by atoms with E-state index >= 15 is 0 Å². The van der Waals surface area contributed by atoms with Crippen molar-refractivity contribution in [3.63, 3.8) is 0 Å². The summed E-state index contributed by atoms with van der Waals surface area (Å²) in [5.41, 5.74) is -2.82. The molecule has 2 aliphatic rings. The second-order valence-corrected chi connectivity index (χ2v) is 7.86. The summed E-state index contributed by atoms with van der Waals surface area (Å²) in [5, 5.41) is 92.4. The standard InChI is InChI=1S/C17H28N2O14/c1-4(21)18-7-5(22)2-17(16(30)31,33-12(7)8(24)6(23)3-20)19-14(28)13-10(26)9(25)11(27)15(29)32-13/h5-13,15,20,22-27,29H,2-3H2,1H3,(H,18,21)(H,19,28)(H,30,31)/t5-,6+,7+,8+,9-,10+,11+,12+,13-,15+,17+/m0/s1. The van der Waals surface area contributed by atoms with Crippen LogP contribution >= 0.6 is 0 Å². The predicted molar refractivity (Wildman–Crippen MR) is 99.6 cm³/mol. The normalized spacial score (nSPS) is 41.0. The van der Waals surface area contributed by atoms with Crippen LogP contribution in [0.25, 0.3) is 0 Å². The first-order valence-electron chi connectivity index (χ1n) is 9.78. The fourth-order valence-corrected chi connectivity index (χ4v) is 3.64. The van der Waals surface area contributed by atoms with E-state index in [9.17, 15) is 55.2 Å². The van der Waals surface area contributed by atoms with E-state index < -0.39 is 97.7 Å². The van der Waals surface area contributed by atoms with Gasteiger partial charge < -0.3 is 66.1 Å². The number of carboxylic acid groups (broad SMARTS) is 1. The molecule has 16 nitrogen and oxygen atoms in total. The summed E-state index contributed by atoms with van der Waals surface area (Å²) in [4.78, 5) is 36.2. The molecule has 2 fully saturated rings. The van der Waals surface area contributed by atoms with Gasteiger partial charge in [-0.3, -0.25) is 9.59 Å². The molecule has 0 spiro atoms. The first kappa shape index (κ1) is 27.3. The third-order valence-corrected chi connectivity index (χ3v) is 5.41. The van der Waals surface area contributed by atoms with Crippen LogP contribution in [0.4, 0.5) is 0 Å². The number of aliphatic hydroxyl groups excluding tert-OH is 8. The van der Waals surface area contributed by atoms with Gasteiger partial charge in [0.25, 0.3) is 5.91 Å². The summed E-state index contributed by atoms with van der Waals surface area (Å²) in [6.45, 7) is 0.0445. The molecule has 0 saturated carbocycles. The number of hydrogen-bond donors (Lipinski definition) is 11. The van der Waals surface area contributed by atoms with Gasteiger partial charge in [-0.25, -0.2) is 4.79 Å². The lowest BCUT2D eigenvalue weighted by molar-refractivity contribution is -0.279. The Hall–Kier alpha value is -1.99. The molecule has 11 atom stereocenters. The average Bonchev–Trinajstić information content (AvgIpc) is 2.74. The van der Waals surface area contributed by atoms with Gasteiger partial charge in [-0.15, -0.1) is 0 Å². The van der Waals surface area contributed by atoms with Gasteiger partial charge in [-0.05, 0) is 0 Å². The van der Waals surface area contributed by atoms with Crippen LogP contribution in [0.2, 0.25) is 0 Å². The van der Waals surface area contributed by atoms with Crippen molar-refractivity contribution in [1.82, 2.24) is 10.6 Å². The van der Waals surface area contributed by atoms with Crippen molar-refractivity contribution < 1.29 is 69.8 Å². The van der Waals surface area contributed by atoms with Crippen LogP contribution in [-0.4, -0.2) is 137 Å². The zero-order valence-corrected chi connectivity index (χ0v) is 17.3. The quantitative estimate of drug-likeness (QED) is 0.160. The van der Waals surface area contributed by atoms with Crippen molar-refractivity contribution in [1.29, 1.82) is 0 Å². The SMILES string of the molecule is CC(=O)N[C@H]1[C@H]([C@H](O)[C@H](O)CO)O[C@@](NC(=O)[C@H]2O[C@@H](O)[C@H](O)[C@@H](O)[C@H]2O)(C(=O)O)C[C@@H]1O. The summed E-state index contributed by atoms with van der Waals surface area (Å²) in [7, 11) is 0. The van der Waals surface area contributed by atoms with E-state index in [1.807, 2.05) is 5.32 Å². The van der Waals surface area contributed by atoms with E-state index in [-0.39, 0.29) is 0 Å². The van der Waals surface area contributed by atoms with Crippen LogP contribution in [0.15, 0.2) is 0 Å². The van der Waals surface area contributed by atoms with Crippen LogP contribution in [0, 0.1) is 0 Å². The first-order valence-corrected chi connectivity index (χ1v) is 9.78. The van der Waals surface area contributed by atoms with Crippen molar-refractivity contribution in [2.75, 3.05) is 6.61 Å². The minimum absolute atomic E-state index is 0.717. The smallest absolute Gasteiger partial charge is 0.357 e. The van der Waals surface area contributed by atoms with Gasteiger partial charge in [0, 0.05) is 13.3 Å². The van der Waals surface area contributed by atoms with Crippen LogP contribution < -0.4 is 10.6 Å². The highest BCUT2D eigenvalue weighted by atomic mass is 16.6. The zero-order chi connectivity index (χ0) is 25.2. The van der Waals surface area contributed by atoms with Gasteiger partial charge >= 0.3 is 5.97 Å². The van der Waals surface area contributed by atoms with Crippen molar-refractivity contribution in [3.8, 4) is 0 Å². The molecule has 11 N–H and O–H groups in total. The van der Waals surface area contributed by atoms with E-state index in [0.717, 1.165) is 6.92 Å². The average molecular weight is 484 g/mol. The van der Waals surface area contributed by atoms with Gasteiger partial charge in [0.05, 0.1) is 18.8 Å². The highest BCUT2D eigenvalue weighted by Crippen LogP contribution is 2.31. The lowest BCUT2D eigenvalue weighted by atomic mass is 9.87.